The van der Waals surface area contributed by atoms with Crippen molar-refractivity contribution < 1.29 is 4.79 Å². The number of benzene rings is 3. The highest BCUT2D eigenvalue weighted by Gasteiger charge is 2.37. The van der Waals surface area contributed by atoms with Crippen molar-refractivity contribution in [3.05, 3.63) is 98.4 Å². The van der Waals surface area contributed by atoms with Crippen molar-refractivity contribution in [3.63, 3.8) is 0 Å². The zero-order chi connectivity index (χ0) is 24.4. The number of halogens is 3. The molecule has 2 aliphatic rings. The Hall–Kier alpha value is -2.05. The molecule has 182 valence electrons. The molecule has 1 amide bonds. The maximum Gasteiger partial charge on any atom is 0.244 e. The smallest absolute Gasteiger partial charge is 0.244 e. The van der Waals surface area contributed by atoms with Gasteiger partial charge in [-0.3, -0.25) is 9.69 Å². The highest BCUT2D eigenvalue weighted by molar-refractivity contribution is 9.10. The molecule has 7 heteroatoms. The summed E-state index contributed by atoms with van der Waals surface area (Å²) in [4.78, 5) is 20.8. The Morgan fingerprint density at radius 1 is 0.886 bits per heavy atom. The second-order valence-electron chi connectivity index (χ2n) is 9.20. The number of carbonyl (C=O) groups is 1. The quantitative estimate of drug-likeness (QED) is 0.330. The topological polar surface area (TPSA) is 26.8 Å². The predicted molar refractivity (Wildman–Crippen MR) is 147 cm³/mol. The molecule has 0 aliphatic carbocycles. The van der Waals surface area contributed by atoms with Gasteiger partial charge in [-0.2, -0.15) is 0 Å². The molecule has 0 N–H and O–H groups in total. The van der Waals surface area contributed by atoms with Crippen LogP contribution >= 0.6 is 39.1 Å². The molecule has 5 rings (SSSR count). The minimum Gasteiger partial charge on any atom is -0.360 e. The summed E-state index contributed by atoms with van der Waals surface area (Å²) in [5.41, 5.74) is 3.16. The van der Waals surface area contributed by atoms with Crippen LogP contribution in [0.15, 0.2) is 77.3 Å². The predicted octanol–water partition coefficient (Wildman–Crippen LogP) is 6.98. The molecule has 0 bridgehead atoms. The second kappa shape index (κ2) is 10.9. The van der Waals surface area contributed by atoms with Gasteiger partial charge in [-0.1, -0.05) is 81.6 Å². The van der Waals surface area contributed by atoms with Crippen LogP contribution in [-0.4, -0.2) is 48.4 Å². The van der Waals surface area contributed by atoms with Gasteiger partial charge in [0, 0.05) is 29.1 Å². The number of carbonyl (C=O) groups excluding carboxylic acids is 1. The molecule has 0 spiro atoms. The lowest BCUT2D eigenvalue weighted by Crippen LogP contribution is -2.53. The third-order valence-corrected chi connectivity index (χ3v) is 8.09. The number of anilines is 1. The van der Waals surface area contributed by atoms with Gasteiger partial charge in [0.25, 0.3) is 0 Å². The third kappa shape index (κ3) is 5.39. The zero-order valence-electron chi connectivity index (χ0n) is 19.4. The molecule has 2 heterocycles. The molecule has 3 aromatic carbocycles. The average molecular weight is 573 g/mol. The SMILES string of the molecule is O=C(C(c1ccccc1)N1CCCC1)N1CCN(c2ccc(Cl)cc2Cl)C(c2ccc(Br)cc2)C1. The molecule has 0 aromatic heterocycles. The van der Waals surface area contributed by atoms with E-state index in [2.05, 4.69) is 62.1 Å². The number of amides is 1. The summed E-state index contributed by atoms with van der Waals surface area (Å²) in [6.07, 6.45) is 2.28. The van der Waals surface area contributed by atoms with Crippen LogP contribution < -0.4 is 4.90 Å². The van der Waals surface area contributed by atoms with E-state index < -0.39 is 0 Å². The van der Waals surface area contributed by atoms with Crippen LogP contribution in [0.5, 0.6) is 0 Å². The maximum absolute atomic E-state index is 14.1. The Bertz CT molecular complexity index is 1170. The van der Waals surface area contributed by atoms with E-state index in [-0.39, 0.29) is 18.0 Å². The molecule has 0 radical (unpaired) electrons. The molecule has 2 atom stereocenters. The minimum absolute atomic E-state index is 0.0190. The average Bonchev–Trinajstić information content (AvgIpc) is 3.40. The third-order valence-electron chi connectivity index (χ3n) is 7.02. The molecule has 2 aliphatic heterocycles. The van der Waals surface area contributed by atoms with Crippen LogP contribution in [0.25, 0.3) is 0 Å². The molecule has 35 heavy (non-hydrogen) atoms. The Morgan fingerprint density at radius 3 is 2.29 bits per heavy atom. The molecule has 0 saturated carbocycles. The standard InChI is InChI=1S/C28H28BrCl2N3O/c29-22-10-8-20(9-11-22)26-19-33(16-17-34(26)25-13-12-23(30)18-24(25)31)28(35)27(32-14-4-5-15-32)21-6-2-1-3-7-21/h1-3,6-13,18,26-27H,4-5,14-17,19H2. The van der Waals surface area contributed by atoms with Gasteiger partial charge >= 0.3 is 0 Å². The van der Waals surface area contributed by atoms with Crippen molar-refractivity contribution in [2.75, 3.05) is 37.6 Å². The fourth-order valence-electron chi connectivity index (χ4n) is 5.27. The lowest BCUT2D eigenvalue weighted by molar-refractivity contribution is -0.137. The monoisotopic (exact) mass is 571 g/mol. The first-order chi connectivity index (χ1) is 17.0. The second-order valence-corrected chi connectivity index (χ2v) is 11.0. The van der Waals surface area contributed by atoms with E-state index in [0.29, 0.717) is 29.7 Å². The van der Waals surface area contributed by atoms with E-state index in [1.807, 2.05) is 35.2 Å². The molecule has 4 nitrogen and oxygen atoms in total. The van der Waals surface area contributed by atoms with Crippen molar-refractivity contribution in [2.45, 2.75) is 24.9 Å². The summed E-state index contributed by atoms with van der Waals surface area (Å²) in [6.45, 7) is 3.84. The number of nitrogens with zero attached hydrogens (tertiary/aromatic N) is 3. The highest BCUT2D eigenvalue weighted by atomic mass is 79.9. The van der Waals surface area contributed by atoms with Crippen LogP contribution in [0.3, 0.4) is 0 Å². The van der Waals surface area contributed by atoms with Crippen molar-refractivity contribution in [1.82, 2.24) is 9.80 Å². The number of hydrogen-bond acceptors (Lipinski definition) is 3. The minimum atomic E-state index is -0.241. The van der Waals surface area contributed by atoms with E-state index in [1.54, 1.807) is 6.07 Å². The largest absolute Gasteiger partial charge is 0.360 e. The van der Waals surface area contributed by atoms with E-state index in [4.69, 9.17) is 23.2 Å². The van der Waals surface area contributed by atoms with Crippen molar-refractivity contribution in [3.8, 4) is 0 Å². The molecule has 2 unspecified atom stereocenters. The lowest BCUT2D eigenvalue weighted by atomic mass is 9.99. The van der Waals surface area contributed by atoms with Gasteiger partial charge in [0.15, 0.2) is 0 Å². The van der Waals surface area contributed by atoms with Gasteiger partial charge in [-0.15, -0.1) is 0 Å². The molecule has 2 fully saturated rings. The van der Waals surface area contributed by atoms with Crippen LogP contribution in [0, 0.1) is 0 Å². The normalized spacial score (nSPS) is 19.7. The Labute approximate surface area is 225 Å². The van der Waals surface area contributed by atoms with Crippen molar-refractivity contribution in [1.29, 1.82) is 0 Å². The molecular weight excluding hydrogens is 545 g/mol. The summed E-state index contributed by atoms with van der Waals surface area (Å²) in [7, 11) is 0. The van der Waals surface area contributed by atoms with Crippen LogP contribution in [-0.2, 0) is 4.79 Å². The number of rotatable bonds is 5. The van der Waals surface area contributed by atoms with Crippen molar-refractivity contribution in [2.24, 2.45) is 0 Å². The summed E-state index contributed by atoms with van der Waals surface area (Å²) < 4.78 is 1.03. The van der Waals surface area contributed by atoms with Crippen LogP contribution in [0.2, 0.25) is 10.0 Å². The molecule has 2 saturated heterocycles. The highest BCUT2D eigenvalue weighted by Crippen LogP contribution is 2.38. The van der Waals surface area contributed by atoms with E-state index in [0.717, 1.165) is 47.2 Å². The molecular formula is C28H28BrCl2N3O. The van der Waals surface area contributed by atoms with E-state index >= 15 is 0 Å². The van der Waals surface area contributed by atoms with Crippen LogP contribution in [0.4, 0.5) is 5.69 Å². The Balaban J connectivity index is 1.47. The van der Waals surface area contributed by atoms with E-state index in [1.165, 1.54) is 0 Å². The van der Waals surface area contributed by atoms with E-state index in [9.17, 15) is 4.79 Å². The zero-order valence-corrected chi connectivity index (χ0v) is 22.5. The van der Waals surface area contributed by atoms with Crippen molar-refractivity contribution >= 4 is 50.7 Å². The van der Waals surface area contributed by atoms with Gasteiger partial charge in [0.2, 0.25) is 5.91 Å². The summed E-state index contributed by atoms with van der Waals surface area (Å²) in [5.74, 6) is 0.182. The Kier molecular flexibility index (Phi) is 7.68. The number of hydrogen-bond donors (Lipinski definition) is 0. The van der Waals surface area contributed by atoms with Crippen LogP contribution in [0.1, 0.15) is 36.1 Å². The Morgan fingerprint density at radius 2 is 1.60 bits per heavy atom. The lowest BCUT2D eigenvalue weighted by Gasteiger charge is -2.45. The first-order valence-electron chi connectivity index (χ1n) is 12.1. The van der Waals surface area contributed by atoms with Gasteiger partial charge in [0.1, 0.15) is 6.04 Å². The van der Waals surface area contributed by atoms with Gasteiger partial charge in [0.05, 0.1) is 16.8 Å². The fourth-order valence-corrected chi connectivity index (χ4v) is 6.05. The maximum atomic E-state index is 14.1. The first-order valence-corrected chi connectivity index (χ1v) is 13.6. The summed E-state index contributed by atoms with van der Waals surface area (Å²) in [6, 6.07) is 23.9. The fraction of sp³-hybridized carbons (Fsp3) is 0.321. The number of likely N-dealkylation sites (tertiary alicyclic amines) is 1. The summed E-state index contributed by atoms with van der Waals surface area (Å²) >= 11 is 16.4. The van der Waals surface area contributed by atoms with Gasteiger partial charge in [-0.05, 0) is 67.4 Å². The van der Waals surface area contributed by atoms with Gasteiger partial charge in [-0.25, -0.2) is 0 Å². The first kappa shape index (κ1) is 24.6. The summed E-state index contributed by atoms with van der Waals surface area (Å²) in [5, 5.41) is 1.24. The molecule has 3 aromatic rings. The van der Waals surface area contributed by atoms with Gasteiger partial charge < -0.3 is 9.80 Å². The number of piperazine rings is 1.